The minimum atomic E-state index is -0.343. The van der Waals surface area contributed by atoms with E-state index in [4.69, 9.17) is 9.47 Å². The average molecular weight is 458 g/mol. The Morgan fingerprint density at radius 1 is 1.00 bits per heavy atom. The second kappa shape index (κ2) is 10.2. The molecular weight excluding hydrogens is 434 g/mol. The van der Waals surface area contributed by atoms with E-state index in [0.29, 0.717) is 35.1 Å². The number of para-hydroxylation sites is 1. The topological polar surface area (TPSA) is 55.8 Å². The molecule has 1 fully saturated rings. The van der Waals surface area contributed by atoms with Crippen LogP contribution >= 0.6 is 11.8 Å². The van der Waals surface area contributed by atoms with Gasteiger partial charge in [-0.25, -0.2) is 4.90 Å². The predicted octanol–water partition coefficient (Wildman–Crippen LogP) is 6.24. The summed E-state index contributed by atoms with van der Waals surface area (Å²) in [5.41, 5.74) is 3.23. The molecule has 33 heavy (non-hydrogen) atoms. The number of anilines is 1. The molecule has 0 radical (unpaired) electrons. The maximum atomic E-state index is 13.0. The predicted molar refractivity (Wildman–Crippen MR) is 133 cm³/mol. The number of benzene rings is 3. The van der Waals surface area contributed by atoms with Crippen LogP contribution in [0.15, 0.2) is 90.4 Å². The van der Waals surface area contributed by atoms with Crippen molar-refractivity contribution >= 4 is 34.7 Å². The van der Waals surface area contributed by atoms with E-state index in [1.165, 1.54) is 4.90 Å². The number of allylic oxidation sites excluding steroid dienone is 1. The first kappa shape index (κ1) is 22.4. The summed E-state index contributed by atoms with van der Waals surface area (Å²) in [6.07, 6.45) is 4.06. The van der Waals surface area contributed by atoms with Crippen molar-refractivity contribution in [3.05, 3.63) is 107 Å². The summed E-state index contributed by atoms with van der Waals surface area (Å²) < 4.78 is 11.7. The lowest BCUT2D eigenvalue weighted by Gasteiger charge is -2.16. The smallest absolute Gasteiger partial charge is 0.298 e. The van der Waals surface area contributed by atoms with Gasteiger partial charge in [-0.1, -0.05) is 54.6 Å². The van der Waals surface area contributed by atoms with Gasteiger partial charge >= 0.3 is 0 Å². The van der Waals surface area contributed by atoms with Gasteiger partial charge in [0.15, 0.2) is 11.5 Å². The van der Waals surface area contributed by atoms with Gasteiger partial charge in [0, 0.05) is 5.56 Å². The number of carbonyl (C=O) groups excluding carboxylic acids is 2. The maximum absolute atomic E-state index is 13.0. The van der Waals surface area contributed by atoms with E-state index in [1.807, 2.05) is 48.5 Å². The van der Waals surface area contributed by atoms with Gasteiger partial charge in [-0.2, -0.15) is 0 Å². The van der Waals surface area contributed by atoms with Crippen molar-refractivity contribution in [1.82, 2.24) is 0 Å². The average Bonchev–Trinajstić information content (AvgIpc) is 3.12. The maximum Gasteiger partial charge on any atom is 0.298 e. The van der Waals surface area contributed by atoms with Gasteiger partial charge in [-0.05, 0) is 59.7 Å². The quantitative estimate of drug-likeness (QED) is 0.296. The van der Waals surface area contributed by atoms with Crippen LogP contribution in [-0.4, -0.2) is 18.3 Å². The molecule has 6 heteroatoms. The monoisotopic (exact) mass is 457 g/mol. The summed E-state index contributed by atoms with van der Waals surface area (Å²) in [6, 6.07) is 22.5. The third-order valence-corrected chi connectivity index (χ3v) is 5.94. The van der Waals surface area contributed by atoms with Crippen LogP contribution in [-0.2, 0) is 17.8 Å². The van der Waals surface area contributed by atoms with Gasteiger partial charge in [0.2, 0.25) is 0 Å². The minimum absolute atomic E-state index is 0.321. The van der Waals surface area contributed by atoms with Crippen LogP contribution in [0.5, 0.6) is 11.5 Å². The van der Waals surface area contributed by atoms with Gasteiger partial charge in [-0.3, -0.25) is 9.59 Å². The molecular formula is C27H23NO4S. The zero-order valence-corrected chi connectivity index (χ0v) is 19.0. The Labute approximate surface area is 197 Å². The van der Waals surface area contributed by atoms with Crippen molar-refractivity contribution in [2.45, 2.75) is 13.0 Å². The van der Waals surface area contributed by atoms with Gasteiger partial charge < -0.3 is 9.47 Å². The van der Waals surface area contributed by atoms with Crippen molar-refractivity contribution in [3.8, 4) is 11.5 Å². The molecule has 1 aliphatic rings. The van der Waals surface area contributed by atoms with Crippen molar-refractivity contribution in [3.63, 3.8) is 0 Å². The molecule has 0 bridgehead atoms. The summed E-state index contributed by atoms with van der Waals surface area (Å²) in [6.45, 7) is 4.25. The van der Waals surface area contributed by atoms with E-state index < -0.39 is 0 Å². The Bertz CT molecular complexity index is 1210. The van der Waals surface area contributed by atoms with Crippen LogP contribution in [0.1, 0.15) is 16.7 Å². The highest BCUT2D eigenvalue weighted by molar-refractivity contribution is 8.19. The number of rotatable bonds is 8. The lowest BCUT2D eigenvalue weighted by atomic mass is 10.0. The number of carbonyl (C=O) groups is 2. The molecule has 0 aliphatic carbocycles. The molecule has 0 aromatic heterocycles. The zero-order chi connectivity index (χ0) is 23.2. The molecule has 0 atom stereocenters. The molecule has 0 saturated carbocycles. The second-order valence-corrected chi connectivity index (χ2v) is 8.32. The number of ether oxygens (including phenoxy) is 2. The Balaban J connectivity index is 1.65. The number of methoxy groups -OCH3 is 1. The summed E-state index contributed by atoms with van der Waals surface area (Å²) >= 11 is 0.922. The van der Waals surface area contributed by atoms with E-state index in [9.17, 15) is 9.59 Å². The molecule has 166 valence electrons. The molecule has 1 aliphatic heterocycles. The molecule has 2 amide bonds. The summed E-state index contributed by atoms with van der Waals surface area (Å²) in [4.78, 5) is 27.0. The summed E-state index contributed by atoms with van der Waals surface area (Å²) in [5, 5.41) is -0.321. The van der Waals surface area contributed by atoms with E-state index in [0.717, 1.165) is 28.5 Å². The minimum Gasteiger partial charge on any atom is -0.493 e. The fraction of sp³-hybridized carbons (Fsp3) is 0.111. The molecule has 3 aromatic rings. The van der Waals surface area contributed by atoms with Crippen molar-refractivity contribution in [1.29, 1.82) is 0 Å². The van der Waals surface area contributed by atoms with E-state index in [1.54, 1.807) is 43.5 Å². The number of thioether (sulfide) groups is 1. The Kier molecular flexibility index (Phi) is 6.95. The first-order valence-electron chi connectivity index (χ1n) is 10.4. The number of hydrogen-bond donors (Lipinski definition) is 0. The molecule has 0 N–H and O–H groups in total. The Morgan fingerprint density at radius 3 is 2.36 bits per heavy atom. The van der Waals surface area contributed by atoms with E-state index in [-0.39, 0.29) is 11.1 Å². The molecule has 0 spiro atoms. The molecule has 4 rings (SSSR count). The number of amides is 2. The van der Waals surface area contributed by atoms with Crippen LogP contribution in [0.3, 0.4) is 0 Å². The van der Waals surface area contributed by atoms with Gasteiger partial charge in [0.1, 0.15) is 6.61 Å². The molecule has 3 aromatic carbocycles. The van der Waals surface area contributed by atoms with Crippen LogP contribution < -0.4 is 14.4 Å². The lowest BCUT2D eigenvalue weighted by molar-refractivity contribution is -0.113. The fourth-order valence-electron chi connectivity index (χ4n) is 3.54. The van der Waals surface area contributed by atoms with Crippen molar-refractivity contribution in [2.24, 2.45) is 0 Å². The first-order valence-corrected chi connectivity index (χ1v) is 11.2. The van der Waals surface area contributed by atoms with Gasteiger partial charge in [0.05, 0.1) is 17.7 Å². The molecule has 1 heterocycles. The zero-order valence-electron chi connectivity index (χ0n) is 18.2. The molecule has 0 unspecified atom stereocenters. The number of nitrogens with zero attached hydrogens (tertiary/aromatic N) is 1. The summed E-state index contributed by atoms with van der Waals surface area (Å²) in [7, 11) is 1.58. The van der Waals surface area contributed by atoms with Crippen molar-refractivity contribution < 1.29 is 19.1 Å². The van der Waals surface area contributed by atoms with Crippen LogP contribution in [0.25, 0.3) is 6.08 Å². The third kappa shape index (κ3) is 5.02. The van der Waals surface area contributed by atoms with Gasteiger partial charge in [-0.15, -0.1) is 6.58 Å². The largest absolute Gasteiger partial charge is 0.493 e. The van der Waals surface area contributed by atoms with Crippen molar-refractivity contribution in [2.75, 3.05) is 12.0 Å². The number of imide groups is 1. The third-order valence-electron chi connectivity index (χ3n) is 5.07. The van der Waals surface area contributed by atoms with Crippen LogP contribution in [0.4, 0.5) is 10.5 Å². The molecule has 5 nitrogen and oxygen atoms in total. The Morgan fingerprint density at radius 2 is 1.70 bits per heavy atom. The standard InChI is InChI=1S/C27H23NO4S/c1-3-10-21-15-20(16-23(31-2)25(21)32-18-19-11-6-4-7-12-19)17-24-26(29)28(27(30)33-24)22-13-8-5-9-14-22/h3-9,11-17H,1,10,18H2,2H3/b24-17-. The van der Waals surface area contributed by atoms with Crippen LogP contribution in [0.2, 0.25) is 0 Å². The van der Waals surface area contributed by atoms with E-state index in [2.05, 4.69) is 6.58 Å². The SMILES string of the molecule is C=CCc1cc(/C=C2\SC(=O)N(c3ccccc3)C2=O)cc(OC)c1OCc1ccccc1. The number of hydrogen-bond acceptors (Lipinski definition) is 5. The normalized spacial score (nSPS) is 14.6. The molecule has 1 saturated heterocycles. The second-order valence-electron chi connectivity index (χ2n) is 7.33. The fourth-order valence-corrected chi connectivity index (χ4v) is 4.38. The van der Waals surface area contributed by atoms with Crippen LogP contribution in [0, 0.1) is 0 Å². The van der Waals surface area contributed by atoms with Gasteiger partial charge in [0.25, 0.3) is 11.1 Å². The highest BCUT2D eigenvalue weighted by atomic mass is 32.2. The lowest BCUT2D eigenvalue weighted by Crippen LogP contribution is -2.27. The highest BCUT2D eigenvalue weighted by Gasteiger charge is 2.36. The van der Waals surface area contributed by atoms with E-state index >= 15 is 0 Å². The summed E-state index contributed by atoms with van der Waals surface area (Å²) in [5.74, 6) is 0.847. The first-order chi connectivity index (χ1) is 16.1. The Hall–Kier alpha value is -3.77. The highest BCUT2D eigenvalue weighted by Crippen LogP contribution is 2.38.